The molecule has 120 valence electrons. The quantitative estimate of drug-likeness (QED) is 0.841. The molecule has 1 heterocycles. The van der Waals surface area contributed by atoms with Gasteiger partial charge in [0.25, 0.3) is 0 Å². The van der Waals surface area contributed by atoms with E-state index in [9.17, 15) is 9.90 Å². The number of benzene rings is 1. The van der Waals surface area contributed by atoms with Crippen LogP contribution < -0.4 is 0 Å². The number of methoxy groups -OCH3 is 1. The molecule has 0 saturated carbocycles. The molecule has 2 rings (SSSR count). The first-order chi connectivity index (χ1) is 10.7. The van der Waals surface area contributed by atoms with Gasteiger partial charge in [0.2, 0.25) is 0 Å². The van der Waals surface area contributed by atoms with Crippen molar-refractivity contribution >= 4 is 12.0 Å². The number of aliphatic carboxylic acids is 1. The number of carboxylic acid groups (broad SMARTS) is 1. The molecule has 1 N–H and O–H groups in total. The topological polar surface area (TPSA) is 49.8 Å². The van der Waals surface area contributed by atoms with E-state index >= 15 is 0 Å². The highest BCUT2D eigenvalue weighted by Gasteiger charge is 2.41. The Morgan fingerprint density at radius 1 is 1.41 bits per heavy atom. The highest BCUT2D eigenvalue weighted by atomic mass is 16.5. The molecule has 1 aliphatic rings. The summed E-state index contributed by atoms with van der Waals surface area (Å²) in [5.74, 6) is -0.693. The van der Waals surface area contributed by atoms with Crippen molar-refractivity contribution in [3.8, 4) is 0 Å². The molecule has 1 fully saturated rings. The maximum absolute atomic E-state index is 11.7. The maximum Gasteiger partial charge on any atom is 0.311 e. The zero-order valence-electron chi connectivity index (χ0n) is 13.2. The van der Waals surface area contributed by atoms with E-state index in [2.05, 4.69) is 29.2 Å². The van der Waals surface area contributed by atoms with Crippen LogP contribution in [0.5, 0.6) is 0 Å². The van der Waals surface area contributed by atoms with Crippen LogP contribution in [0.15, 0.2) is 36.4 Å². The number of carboxylic acids is 1. The number of rotatable bonds is 7. The summed E-state index contributed by atoms with van der Waals surface area (Å²) in [6.07, 6.45) is 6.45. The second-order valence-electron chi connectivity index (χ2n) is 5.98. The van der Waals surface area contributed by atoms with Gasteiger partial charge >= 0.3 is 5.97 Å². The van der Waals surface area contributed by atoms with Crippen LogP contribution >= 0.6 is 0 Å². The van der Waals surface area contributed by atoms with Gasteiger partial charge in [-0.25, -0.2) is 0 Å². The summed E-state index contributed by atoms with van der Waals surface area (Å²) >= 11 is 0. The molecule has 1 atom stereocenters. The third kappa shape index (κ3) is 4.42. The lowest BCUT2D eigenvalue weighted by Crippen LogP contribution is -2.48. The molecule has 1 aliphatic heterocycles. The normalized spacial score (nSPS) is 23.0. The van der Waals surface area contributed by atoms with Crippen molar-refractivity contribution < 1.29 is 14.6 Å². The molecule has 4 nitrogen and oxygen atoms in total. The molecule has 0 amide bonds. The van der Waals surface area contributed by atoms with Crippen LogP contribution in [0, 0.1) is 5.41 Å². The SMILES string of the molecule is COCCC1(C(=O)O)CCCN(CC=Cc2ccccc2)C1. The van der Waals surface area contributed by atoms with Crippen molar-refractivity contribution in [1.82, 2.24) is 4.90 Å². The van der Waals surface area contributed by atoms with Crippen LogP contribution in [0.3, 0.4) is 0 Å². The third-order valence-corrected chi connectivity index (χ3v) is 4.37. The average Bonchev–Trinajstić information content (AvgIpc) is 2.54. The van der Waals surface area contributed by atoms with Crippen molar-refractivity contribution in [2.45, 2.75) is 19.3 Å². The summed E-state index contributed by atoms with van der Waals surface area (Å²) in [5.41, 5.74) is 0.512. The number of hydrogen-bond donors (Lipinski definition) is 1. The van der Waals surface area contributed by atoms with E-state index in [-0.39, 0.29) is 0 Å². The van der Waals surface area contributed by atoms with Gasteiger partial charge in [-0.1, -0.05) is 42.5 Å². The fraction of sp³-hybridized carbons (Fsp3) is 0.500. The third-order valence-electron chi connectivity index (χ3n) is 4.37. The predicted octanol–water partition coefficient (Wildman–Crippen LogP) is 2.90. The monoisotopic (exact) mass is 303 g/mol. The minimum Gasteiger partial charge on any atom is -0.481 e. The molecule has 1 aromatic rings. The molecule has 22 heavy (non-hydrogen) atoms. The van der Waals surface area contributed by atoms with Crippen molar-refractivity contribution in [2.24, 2.45) is 5.41 Å². The number of piperidine rings is 1. The van der Waals surface area contributed by atoms with Crippen LogP contribution in [0.1, 0.15) is 24.8 Å². The van der Waals surface area contributed by atoms with Crippen LogP contribution in [0.2, 0.25) is 0 Å². The molecule has 1 saturated heterocycles. The lowest BCUT2D eigenvalue weighted by Gasteiger charge is -2.39. The van der Waals surface area contributed by atoms with Crippen LogP contribution in [-0.4, -0.2) is 49.3 Å². The van der Waals surface area contributed by atoms with Gasteiger partial charge in [0.1, 0.15) is 0 Å². The molecular weight excluding hydrogens is 278 g/mol. The van der Waals surface area contributed by atoms with E-state index < -0.39 is 11.4 Å². The number of ether oxygens (including phenoxy) is 1. The number of likely N-dealkylation sites (tertiary alicyclic amines) is 1. The van der Waals surface area contributed by atoms with Gasteiger partial charge in [0.05, 0.1) is 5.41 Å². The summed E-state index contributed by atoms with van der Waals surface area (Å²) in [7, 11) is 1.62. The second-order valence-corrected chi connectivity index (χ2v) is 5.98. The Morgan fingerprint density at radius 2 is 2.18 bits per heavy atom. The Bertz CT molecular complexity index is 500. The van der Waals surface area contributed by atoms with E-state index in [0.717, 1.165) is 25.9 Å². The molecular formula is C18H25NO3. The lowest BCUT2D eigenvalue weighted by molar-refractivity contribution is -0.154. The standard InChI is InChI=1S/C18H25NO3/c1-22-14-11-18(17(20)21)10-6-13-19(15-18)12-5-9-16-7-3-2-4-8-16/h2-5,7-9H,6,10-15H2,1H3,(H,20,21). The highest BCUT2D eigenvalue weighted by Crippen LogP contribution is 2.33. The molecule has 1 unspecified atom stereocenters. The highest BCUT2D eigenvalue weighted by molar-refractivity contribution is 5.75. The van der Waals surface area contributed by atoms with Crippen molar-refractivity contribution in [2.75, 3.05) is 33.4 Å². The van der Waals surface area contributed by atoms with Crippen LogP contribution in [0.4, 0.5) is 0 Å². The number of hydrogen-bond acceptors (Lipinski definition) is 3. The summed E-state index contributed by atoms with van der Waals surface area (Å²) in [5, 5.41) is 9.64. The molecule has 0 spiro atoms. The van der Waals surface area contributed by atoms with Gasteiger partial charge < -0.3 is 9.84 Å². The van der Waals surface area contributed by atoms with Gasteiger partial charge in [-0.05, 0) is 31.4 Å². The van der Waals surface area contributed by atoms with E-state index in [1.54, 1.807) is 7.11 Å². The molecule has 0 aliphatic carbocycles. The molecule has 0 radical (unpaired) electrons. The van der Waals surface area contributed by atoms with Crippen molar-refractivity contribution in [1.29, 1.82) is 0 Å². The molecule has 0 bridgehead atoms. The molecule has 4 heteroatoms. The van der Waals surface area contributed by atoms with Gasteiger partial charge in [-0.3, -0.25) is 9.69 Å². The Labute approximate surface area is 132 Å². The van der Waals surface area contributed by atoms with Gasteiger partial charge in [-0.15, -0.1) is 0 Å². The zero-order valence-corrected chi connectivity index (χ0v) is 13.2. The Morgan fingerprint density at radius 3 is 2.86 bits per heavy atom. The van der Waals surface area contributed by atoms with Gasteiger partial charge in [0.15, 0.2) is 0 Å². The summed E-state index contributed by atoms with van der Waals surface area (Å²) < 4.78 is 5.10. The van der Waals surface area contributed by atoms with E-state index in [1.165, 1.54) is 5.56 Å². The minimum absolute atomic E-state index is 0.500. The van der Waals surface area contributed by atoms with Crippen LogP contribution in [0.25, 0.3) is 6.08 Å². The fourth-order valence-electron chi connectivity index (χ4n) is 3.07. The van der Waals surface area contributed by atoms with Gasteiger partial charge in [-0.2, -0.15) is 0 Å². The first-order valence-corrected chi connectivity index (χ1v) is 7.82. The summed E-state index contributed by atoms with van der Waals surface area (Å²) in [6, 6.07) is 10.2. The largest absolute Gasteiger partial charge is 0.481 e. The zero-order chi connectivity index (χ0) is 15.8. The minimum atomic E-state index is -0.693. The van der Waals surface area contributed by atoms with E-state index in [4.69, 9.17) is 4.74 Å². The Hall–Kier alpha value is -1.65. The Kier molecular flexibility index (Phi) is 6.16. The van der Waals surface area contributed by atoms with Crippen molar-refractivity contribution in [3.05, 3.63) is 42.0 Å². The molecule has 0 aromatic heterocycles. The first-order valence-electron chi connectivity index (χ1n) is 7.82. The van der Waals surface area contributed by atoms with E-state index in [0.29, 0.717) is 19.6 Å². The molecule has 1 aromatic carbocycles. The van der Waals surface area contributed by atoms with Crippen LogP contribution in [-0.2, 0) is 9.53 Å². The fourth-order valence-corrected chi connectivity index (χ4v) is 3.07. The number of nitrogens with zero attached hydrogens (tertiary/aromatic N) is 1. The first kappa shape index (κ1) is 16.7. The predicted molar refractivity (Wildman–Crippen MR) is 87.7 cm³/mol. The Balaban J connectivity index is 1.94. The maximum atomic E-state index is 11.7. The second kappa shape index (κ2) is 8.11. The number of carbonyl (C=O) groups is 1. The average molecular weight is 303 g/mol. The lowest BCUT2D eigenvalue weighted by atomic mass is 9.77. The summed E-state index contributed by atoms with van der Waals surface area (Å²) in [6.45, 7) is 2.85. The summed E-state index contributed by atoms with van der Waals surface area (Å²) in [4.78, 5) is 14.0. The van der Waals surface area contributed by atoms with Crippen molar-refractivity contribution in [3.63, 3.8) is 0 Å². The smallest absolute Gasteiger partial charge is 0.311 e. The van der Waals surface area contributed by atoms with E-state index in [1.807, 2.05) is 18.2 Å². The van der Waals surface area contributed by atoms with Gasteiger partial charge in [0, 0.05) is 26.8 Å².